The Bertz CT molecular complexity index is 433. The highest BCUT2D eigenvalue weighted by Gasteiger charge is 2.40. The predicted molar refractivity (Wildman–Crippen MR) is 88.2 cm³/mol. The van der Waals surface area contributed by atoms with Gasteiger partial charge in [-0.15, -0.1) is 0 Å². The zero-order valence-corrected chi connectivity index (χ0v) is 13.9. The largest absolute Gasteiger partial charge is 0.361 e. The molecule has 96 valence electrons. The molecular weight excluding hydrogens is 345 g/mol. The smallest absolute Gasteiger partial charge is 0.144 e. The van der Waals surface area contributed by atoms with Gasteiger partial charge in [-0.25, -0.2) is 0 Å². The van der Waals surface area contributed by atoms with Crippen molar-refractivity contribution in [3.05, 3.63) is 27.8 Å². The normalized spacial score (nSPS) is 35.1. The number of rotatable bonds is 0. The lowest BCUT2D eigenvalue weighted by atomic mass is 10.6. The third-order valence-corrected chi connectivity index (χ3v) is 11.0. The van der Waals surface area contributed by atoms with Gasteiger partial charge in [0.2, 0.25) is 0 Å². The number of hydrogen-bond donors (Lipinski definition) is 0. The van der Waals surface area contributed by atoms with Crippen LogP contribution in [-0.4, -0.2) is 24.1 Å². The van der Waals surface area contributed by atoms with Gasteiger partial charge in [0.05, 0.1) is 30.2 Å². The molecule has 2 nitrogen and oxygen atoms in total. The summed E-state index contributed by atoms with van der Waals surface area (Å²) in [6.07, 6.45) is 0. The van der Waals surface area contributed by atoms with E-state index in [1.54, 1.807) is 0 Å². The molecule has 0 amide bonds. The van der Waals surface area contributed by atoms with Crippen LogP contribution in [0.4, 0.5) is 0 Å². The third kappa shape index (κ3) is 2.43. The summed E-state index contributed by atoms with van der Waals surface area (Å²) in [6, 6.07) is 0. The molecule has 0 radical (unpaired) electrons. The Morgan fingerprint density at radius 3 is 1.89 bits per heavy atom. The number of fused-ring (bicyclic) bond motifs is 1. The molecule has 1 saturated heterocycles. The van der Waals surface area contributed by atoms with Crippen molar-refractivity contribution in [1.29, 1.82) is 0 Å². The summed E-state index contributed by atoms with van der Waals surface area (Å²) >= 11 is 11.1. The molecule has 4 aliphatic rings. The first kappa shape index (κ1) is 12.9. The second-order valence-electron chi connectivity index (χ2n) is 3.58. The topological polar surface area (TPSA) is 18.5 Å². The van der Waals surface area contributed by atoms with Crippen molar-refractivity contribution in [1.82, 2.24) is 0 Å². The summed E-state index contributed by atoms with van der Waals surface area (Å²) in [4.78, 5) is 0. The van der Waals surface area contributed by atoms with E-state index in [1.807, 2.05) is 70.6 Å². The van der Waals surface area contributed by atoms with Crippen molar-refractivity contribution in [3.8, 4) is 0 Å². The van der Waals surface area contributed by atoms with Crippen molar-refractivity contribution < 1.29 is 9.47 Å². The average Bonchev–Trinajstić information content (AvgIpc) is 3.04. The first-order valence-corrected chi connectivity index (χ1v) is 10.4. The highest BCUT2D eigenvalue weighted by molar-refractivity contribution is 8.43. The van der Waals surface area contributed by atoms with E-state index in [-0.39, 0.29) is 10.9 Å². The summed E-state index contributed by atoms with van der Waals surface area (Å²) in [7, 11) is 0. The minimum absolute atomic E-state index is 0.168. The van der Waals surface area contributed by atoms with E-state index in [0.29, 0.717) is 0 Å². The van der Waals surface area contributed by atoms with Gasteiger partial charge in [-0.2, -0.15) is 0 Å². The molecule has 18 heavy (non-hydrogen) atoms. The van der Waals surface area contributed by atoms with Gasteiger partial charge in [-0.3, -0.25) is 0 Å². The zero-order chi connectivity index (χ0) is 11.9. The second-order valence-corrected chi connectivity index (χ2v) is 10.7. The fourth-order valence-corrected chi connectivity index (χ4v) is 10.0. The third-order valence-electron chi connectivity index (χ3n) is 2.43. The standard InChI is InChI=1S/C10H8O2S6/c1-2-12-6-5(11-1)15-9-10(16-6)18-8(17-9)7-13-3-4-14-7/h3-6H,1-2H2. The molecule has 4 heterocycles. The molecule has 0 N–H and O–H groups in total. The van der Waals surface area contributed by atoms with Crippen molar-refractivity contribution in [2.45, 2.75) is 10.9 Å². The van der Waals surface area contributed by atoms with E-state index >= 15 is 0 Å². The number of thioether (sulfide) groups is 6. The average molecular weight is 353 g/mol. The minimum atomic E-state index is 0.168. The molecule has 0 aromatic rings. The highest BCUT2D eigenvalue weighted by atomic mass is 32.3. The lowest BCUT2D eigenvalue weighted by Crippen LogP contribution is -2.35. The minimum Gasteiger partial charge on any atom is -0.361 e. The molecule has 0 aliphatic carbocycles. The van der Waals surface area contributed by atoms with Crippen molar-refractivity contribution >= 4 is 70.6 Å². The monoisotopic (exact) mass is 352 g/mol. The lowest BCUT2D eigenvalue weighted by molar-refractivity contribution is -0.0659. The van der Waals surface area contributed by atoms with Crippen LogP contribution in [0, 0.1) is 0 Å². The Labute approximate surface area is 131 Å². The summed E-state index contributed by atoms with van der Waals surface area (Å²) in [5.74, 6) is 0. The fraction of sp³-hybridized carbons (Fsp3) is 0.400. The van der Waals surface area contributed by atoms with Gasteiger partial charge in [0.25, 0.3) is 0 Å². The van der Waals surface area contributed by atoms with E-state index in [2.05, 4.69) is 10.8 Å². The first-order chi connectivity index (χ1) is 8.90. The molecule has 0 saturated carbocycles. The van der Waals surface area contributed by atoms with Crippen molar-refractivity contribution in [2.24, 2.45) is 0 Å². The molecule has 1 fully saturated rings. The number of hydrogen-bond acceptors (Lipinski definition) is 8. The van der Waals surface area contributed by atoms with Gasteiger partial charge in [0.1, 0.15) is 10.9 Å². The SMILES string of the molecule is C1=CSC(=C2SC3=C(S2)SC2OCCOC2S3)S1. The van der Waals surface area contributed by atoms with Crippen LogP contribution in [-0.2, 0) is 9.47 Å². The van der Waals surface area contributed by atoms with Crippen molar-refractivity contribution in [2.75, 3.05) is 13.2 Å². The zero-order valence-electron chi connectivity index (χ0n) is 8.99. The van der Waals surface area contributed by atoms with E-state index in [4.69, 9.17) is 9.47 Å². The van der Waals surface area contributed by atoms with E-state index in [9.17, 15) is 0 Å². The van der Waals surface area contributed by atoms with Crippen LogP contribution in [0.25, 0.3) is 0 Å². The molecule has 0 spiro atoms. The molecule has 4 aliphatic heterocycles. The Morgan fingerprint density at radius 2 is 1.33 bits per heavy atom. The molecule has 0 aromatic carbocycles. The Balaban J connectivity index is 1.54. The summed E-state index contributed by atoms with van der Waals surface area (Å²) in [6.45, 7) is 1.44. The maximum absolute atomic E-state index is 5.77. The summed E-state index contributed by atoms with van der Waals surface area (Å²) in [5.41, 5.74) is 0.337. The van der Waals surface area contributed by atoms with Gasteiger partial charge in [0, 0.05) is 0 Å². The quantitative estimate of drug-likeness (QED) is 0.608. The highest BCUT2D eigenvalue weighted by Crippen LogP contribution is 2.65. The van der Waals surface area contributed by atoms with Gasteiger partial charge in [0.15, 0.2) is 0 Å². The molecule has 2 unspecified atom stereocenters. The van der Waals surface area contributed by atoms with E-state index < -0.39 is 0 Å². The van der Waals surface area contributed by atoms with E-state index in [0.717, 1.165) is 13.2 Å². The Kier molecular flexibility index (Phi) is 3.99. The van der Waals surface area contributed by atoms with Gasteiger partial charge in [-0.05, 0) is 10.8 Å². The van der Waals surface area contributed by atoms with Crippen LogP contribution in [0.3, 0.4) is 0 Å². The van der Waals surface area contributed by atoms with Crippen LogP contribution in [0.2, 0.25) is 0 Å². The fourth-order valence-electron chi connectivity index (χ4n) is 1.68. The van der Waals surface area contributed by atoms with Gasteiger partial charge < -0.3 is 9.47 Å². The van der Waals surface area contributed by atoms with Crippen LogP contribution < -0.4 is 0 Å². The first-order valence-electron chi connectivity index (χ1n) is 5.29. The van der Waals surface area contributed by atoms with Crippen LogP contribution >= 0.6 is 70.6 Å². The lowest BCUT2D eigenvalue weighted by Gasteiger charge is -2.33. The molecule has 0 bridgehead atoms. The molecule has 8 heteroatoms. The Hall–Kier alpha value is 1.24. The van der Waals surface area contributed by atoms with E-state index in [1.165, 1.54) is 16.9 Å². The van der Waals surface area contributed by atoms with Crippen LogP contribution in [0.1, 0.15) is 0 Å². The van der Waals surface area contributed by atoms with Crippen LogP contribution in [0.5, 0.6) is 0 Å². The summed E-state index contributed by atoms with van der Waals surface area (Å²) in [5, 5.41) is 4.30. The van der Waals surface area contributed by atoms with Gasteiger partial charge >= 0.3 is 0 Å². The molecule has 0 aromatic heterocycles. The Morgan fingerprint density at radius 1 is 0.778 bits per heavy atom. The van der Waals surface area contributed by atoms with Crippen LogP contribution in [0.15, 0.2) is 27.8 Å². The van der Waals surface area contributed by atoms with Gasteiger partial charge in [-0.1, -0.05) is 70.6 Å². The second kappa shape index (κ2) is 5.55. The van der Waals surface area contributed by atoms with Crippen molar-refractivity contribution in [3.63, 3.8) is 0 Å². The number of ether oxygens (including phenoxy) is 2. The molecular formula is C10H8O2S6. The maximum atomic E-state index is 5.77. The molecule has 4 rings (SSSR count). The maximum Gasteiger partial charge on any atom is 0.144 e. The predicted octanol–water partition coefficient (Wildman–Crippen LogP) is 4.85. The summed E-state index contributed by atoms with van der Waals surface area (Å²) < 4.78 is 17.2. The molecule has 2 atom stereocenters.